The molecule has 0 unspecified atom stereocenters. The Balaban J connectivity index is 1.35. The summed E-state index contributed by atoms with van der Waals surface area (Å²) < 4.78 is 7.42. The molecule has 192 valence electrons. The summed E-state index contributed by atoms with van der Waals surface area (Å²) in [4.78, 5) is 26.9. The van der Waals surface area contributed by atoms with Crippen molar-refractivity contribution in [3.63, 3.8) is 0 Å². The van der Waals surface area contributed by atoms with Crippen molar-refractivity contribution in [2.75, 3.05) is 33.3 Å². The molecule has 1 saturated heterocycles. The van der Waals surface area contributed by atoms with E-state index in [1.165, 1.54) is 11.3 Å². The molecule has 5 rings (SSSR count). The maximum atomic E-state index is 13.2. The molecule has 0 saturated carbocycles. The van der Waals surface area contributed by atoms with Crippen LogP contribution in [-0.4, -0.2) is 63.4 Å². The maximum absolute atomic E-state index is 13.2. The van der Waals surface area contributed by atoms with Gasteiger partial charge in [-0.15, -0.1) is 0 Å². The molecule has 7 heteroatoms. The van der Waals surface area contributed by atoms with Crippen LogP contribution in [0.25, 0.3) is 16.9 Å². The number of rotatable bonds is 5. The van der Waals surface area contributed by atoms with E-state index in [9.17, 15) is 4.79 Å². The molecule has 1 fully saturated rings. The number of aryl methyl sites for hydroxylation is 1. The first-order valence-electron chi connectivity index (χ1n) is 12.8. The molecule has 1 aliphatic rings. The van der Waals surface area contributed by atoms with Crippen molar-refractivity contribution in [3.05, 3.63) is 83.3 Å². The van der Waals surface area contributed by atoms with Crippen LogP contribution in [0.1, 0.15) is 48.1 Å². The predicted octanol–water partition coefficient (Wildman–Crippen LogP) is 4.97. The second-order valence-electron chi connectivity index (χ2n) is 10.8. The van der Waals surface area contributed by atoms with Gasteiger partial charge in [0, 0.05) is 50.6 Å². The van der Waals surface area contributed by atoms with Gasteiger partial charge in [-0.1, -0.05) is 57.2 Å². The summed E-state index contributed by atoms with van der Waals surface area (Å²) in [5.41, 5.74) is 7.00. The van der Waals surface area contributed by atoms with E-state index in [0.717, 1.165) is 42.1 Å². The second-order valence-corrected chi connectivity index (χ2v) is 10.8. The van der Waals surface area contributed by atoms with Crippen molar-refractivity contribution < 1.29 is 9.53 Å². The molecule has 7 nitrogen and oxygen atoms in total. The van der Waals surface area contributed by atoms with Crippen LogP contribution in [0.4, 0.5) is 0 Å². The minimum atomic E-state index is -0.0366. The first-order chi connectivity index (χ1) is 17.7. The van der Waals surface area contributed by atoms with Gasteiger partial charge < -0.3 is 14.0 Å². The van der Waals surface area contributed by atoms with Crippen LogP contribution in [0.5, 0.6) is 5.88 Å². The summed E-state index contributed by atoms with van der Waals surface area (Å²) in [6, 6.07) is 18.6. The monoisotopic (exact) mass is 497 g/mol. The zero-order valence-corrected chi connectivity index (χ0v) is 22.4. The zero-order chi connectivity index (χ0) is 26.2. The van der Waals surface area contributed by atoms with Crippen molar-refractivity contribution in [2.24, 2.45) is 0 Å². The van der Waals surface area contributed by atoms with Crippen molar-refractivity contribution in [1.82, 2.24) is 24.2 Å². The van der Waals surface area contributed by atoms with Crippen molar-refractivity contribution >= 4 is 11.6 Å². The fraction of sp³-hybridized carbons (Fsp3) is 0.367. The van der Waals surface area contributed by atoms with Gasteiger partial charge >= 0.3 is 0 Å². The van der Waals surface area contributed by atoms with Crippen LogP contribution < -0.4 is 4.74 Å². The third-order valence-electron chi connectivity index (χ3n) is 7.17. The molecule has 4 aromatic rings. The molecular formula is C30H35N5O2. The molecule has 0 N–H and O–H groups in total. The van der Waals surface area contributed by atoms with Crippen LogP contribution in [-0.2, 0) is 12.0 Å². The first-order valence-corrected chi connectivity index (χ1v) is 12.8. The Morgan fingerprint density at radius 2 is 1.68 bits per heavy atom. The highest BCUT2D eigenvalue weighted by atomic mass is 16.5. The van der Waals surface area contributed by atoms with Gasteiger partial charge in [0.15, 0.2) is 0 Å². The molecule has 0 atom stereocenters. The second kappa shape index (κ2) is 9.98. The minimum Gasteiger partial charge on any atom is -0.481 e. The lowest BCUT2D eigenvalue weighted by atomic mass is 9.86. The number of hydrogen-bond acceptors (Lipinski definition) is 5. The normalized spacial score (nSPS) is 14.8. The number of methoxy groups -OCH3 is 1. The Labute approximate surface area is 218 Å². The van der Waals surface area contributed by atoms with E-state index in [4.69, 9.17) is 9.72 Å². The number of ether oxygens (including phenoxy) is 1. The van der Waals surface area contributed by atoms with Crippen LogP contribution in [0.15, 0.2) is 60.8 Å². The largest absolute Gasteiger partial charge is 0.481 e. The summed E-state index contributed by atoms with van der Waals surface area (Å²) in [6.07, 6.45) is 2.09. The van der Waals surface area contributed by atoms with Gasteiger partial charge in [0.05, 0.1) is 18.5 Å². The Morgan fingerprint density at radius 3 is 2.35 bits per heavy atom. The van der Waals surface area contributed by atoms with E-state index in [-0.39, 0.29) is 11.3 Å². The highest BCUT2D eigenvalue weighted by Crippen LogP contribution is 2.29. The predicted molar refractivity (Wildman–Crippen MR) is 146 cm³/mol. The highest BCUT2D eigenvalue weighted by Gasteiger charge is 2.26. The maximum Gasteiger partial charge on any atom is 0.272 e. The topological polar surface area (TPSA) is 63.0 Å². The standard InChI is InChI=1S/C30H35N5O2/c1-21-9-14-26(37-5)32-27(21)29(36)34-18-16-33(17-19-34)20-24-28(31-25-8-6-7-15-35(24)25)22-10-12-23(13-11-22)30(2,3)4/h6-15H,16-20H2,1-5H3. The molecule has 0 bridgehead atoms. The van der Waals surface area contributed by atoms with Crippen LogP contribution in [0.3, 0.4) is 0 Å². The molecule has 1 aliphatic heterocycles. The smallest absolute Gasteiger partial charge is 0.272 e. The molecule has 0 radical (unpaired) electrons. The van der Waals surface area contributed by atoms with Gasteiger partial charge in [-0.3, -0.25) is 9.69 Å². The third-order valence-corrected chi connectivity index (χ3v) is 7.17. The van der Waals surface area contributed by atoms with Gasteiger partial charge in [-0.2, -0.15) is 0 Å². The Morgan fingerprint density at radius 1 is 0.946 bits per heavy atom. The lowest BCUT2D eigenvalue weighted by molar-refractivity contribution is 0.0619. The quantitative estimate of drug-likeness (QED) is 0.390. The number of imidazole rings is 1. The number of pyridine rings is 2. The summed E-state index contributed by atoms with van der Waals surface area (Å²) >= 11 is 0. The van der Waals surface area contributed by atoms with Crippen molar-refractivity contribution in [2.45, 2.75) is 39.7 Å². The van der Waals surface area contributed by atoms with E-state index in [0.29, 0.717) is 24.7 Å². The van der Waals surface area contributed by atoms with Gasteiger partial charge in [0.1, 0.15) is 11.3 Å². The Bertz CT molecular complexity index is 1410. The highest BCUT2D eigenvalue weighted by molar-refractivity contribution is 5.94. The number of hydrogen-bond donors (Lipinski definition) is 0. The lowest BCUT2D eigenvalue weighted by Crippen LogP contribution is -2.48. The molecule has 4 heterocycles. The third kappa shape index (κ3) is 5.09. The number of carbonyl (C=O) groups excluding carboxylic acids is 1. The van der Waals surface area contributed by atoms with Crippen LogP contribution in [0.2, 0.25) is 0 Å². The number of amides is 1. The molecule has 1 amide bonds. The van der Waals surface area contributed by atoms with E-state index in [2.05, 4.69) is 71.6 Å². The van der Waals surface area contributed by atoms with E-state index < -0.39 is 0 Å². The minimum absolute atomic E-state index is 0.0366. The summed E-state index contributed by atoms with van der Waals surface area (Å²) in [5.74, 6) is 0.425. The van der Waals surface area contributed by atoms with Gasteiger partial charge in [-0.25, -0.2) is 9.97 Å². The van der Waals surface area contributed by atoms with Crippen LogP contribution >= 0.6 is 0 Å². The van der Waals surface area contributed by atoms with Crippen molar-refractivity contribution in [1.29, 1.82) is 0 Å². The molecule has 37 heavy (non-hydrogen) atoms. The summed E-state index contributed by atoms with van der Waals surface area (Å²) in [5, 5.41) is 0. The van der Waals surface area contributed by atoms with E-state index >= 15 is 0 Å². The molecule has 3 aromatic heterocycles. The summed E-state index contributed by atoms with van der Waals surface area (Å²) in [6.45, 7) is 12.3. The van der Waals surface area contributed by atoms with Crippen LogP contribution in [0, 0.1) is 6.92 Å². The number of aromatic nitrogens is 3. The van der Waals surface area contributed by atoms with E-state index in [1.54, 1.807) is 13.2 Å². The number of fused-ring (bicyclic) bond motifs is 1. The lowest BCUT2D eigenvalue weighted by Gasteiger charge is -2.34. The fourth-order valence-corrected chi connectivity index (χ4v) is 4.87. The van der Waals surface area contributed by atoms with Crippen molar-refractivity contribution in [3.8, 4) is 17.1 Å². The fourth-order valence-electron chi connectivity index (χ4n) is 4.87. The molecule has 0 spiro atoms. The molecule has 1 aromatic carbocycles. The first kappa shape index (κ1) is 25.0. The van der Waals surface area contributed by atoms with E-state index in [1.807, 2.05) is 30.0 Å². The number of nitrogens with zero attached hydrogens (tertiary/aromatic N) is 5. The van der Waals surface area contributed by atoms with Gasteiger partial charge in [0.25, 0.3) is 5.91 Å². The number of carbonyl (C=O) groups is 1. The zero-order valence-electron chi connectivity index (χ0n) is 22.4. The van der Waals surface area contributed by atoms with Gasteiger partial charge in [0.2, 0.25) is 5.88 Å². The average Bonchev–Trinajstić information content (AvgIpc) is 3.27. The Hall–Kier alpha value is -3.71. The van der Waals surface area contributed by atoms with Gasteiger partial charge in [-0.05, 0) is 35.6 Å². The summed E-state index contributed by atoms with van der Waals surface area (Å²) in [7, 11) is 1.57. The Kier molecular flexibility index (Phi) is 6.73. The average molecular weight is 498 g/mol. The number of benzene rings is 1. The SMILES string of the molecule is COc1ccc(C)c(C(=O)N2CCN(Cc3c(-c4ccc(C(C)(C)C)cc4)nc4ccccn34)CC2)n1. The molecule has 0 aliphatic carbocycles. The molecular weight excluding hydrogens is 462 g/mol. The number of piperazine rings is 1.